The van der Waals surface area contributed by atoms with Crippen molar-refractivity contribution in [1.82, 2.24) is 5.32 Å². The van der Waals surface area contributed by atoms with Gasteiger partial charge in [-0.3, -0.25) is 14.9 Å². The van der Waals surface area contributed by atoms with Crippen molar-refractivity contribution in [2.24, 2.45) is 0 Å². The summed E-state index contributed by atoms with van der Waals surface area (Å²) in [5.74, 6) is -1.54. The lowest BCUT2D eigenvalue weighted by Crippen LogP contribution is -2.54. The maximum absolute atomic E-state index is 14.6. The van der Waals surface area contributed by atoms with E-state index in [1.54, 1.807) is 36.4 Å². The van der Waals surface area contributed by atoms with Crippen molar-refractivity contribution in [2.45, 2.75) is 19.8 Å². The summed E-state index contributed by atoms with van der Waals surface area (Å²) in [6, 6.07) is 10.2. The zero-order chi connectivity index (χ0) is 22.0. The first-order chi connectivity index (χ1) is 15.0. The molecular weight excluding hydrogens is 401 g/mol. The molecule has 2 saturated heterocycles. The number of rotatable bonds is 5. The summed E-state index contributed by atoms with van der Waals surface area (Å²) in [5, 5.41) is 2.17. The Bertz CT molecular complexity index is 1080. The molecule has 1 N–H and O–H groups in total. The molecule has 0 aliphatic carbocycles. The zero-order valence-corrected chi connectivity index (χ0v) is 17.1. The normalized spacial score (nSPS) is 18.0. The fraction of sp³-hybridized carbons (Fsp3) is 0.261. The summed E-state index contributed by atoms with van der Waals surface area (Å²) < 4.78 is 20.1. The summed E-state index contributed by atoms with van der Waals surface area (Å²) in [7, 11) is 0. The molecule has 0 saturated carbocycles. The molecule has 31 heavy (non-hydrogen) atoms. The van der Waals surface area contributed by atoms with Crippen LogP contribution >= 0.6 is 0 Å². The third kappa shape index (κ3) is 4.14. The van der Waals surface area contributed by atoms with Gasteiger partial charge < -0.3 is 9.64 Å². The molecule has 7 nitrogen and oxygen atoms in total. The number of carbonyl (C=O) groups excluding carboxylic acids is 3. The smallest absolute Gasteiger partial charge is 0.335 e. The second kappa shape index (κ2) is 8.59. The molecule has 0 unspecified atom stereocenters. The molecule has 2 aromatic rings. The van der Waals surface area contributed by atoms with Gasteiger partial charge in [0, 0.05) is 19.2 Å². The van der Waals surface area contributed by atoms with E-state index in [9.17, 15) is 18.8 Å². The highest BCUT2D eigenvalue weighted by atomic mass is 19.1. The molecule has 0 aromatic heterocycles. The van der Waals surface area contributed by atoms with E-state index >= 15 is 0 Å². The van der Waals surface area contributed by atoms with Crippen LogP contribution in [0.1, 0.15) is 25.3 Å². The Morgan fingerprint density at radius 2 is 1.87 bits per heavy atom. The molecule has 2 aromatic carbocycles. The van der Waals surface area contributed by atoms with E-state index in [1.165, 1.54) is 12.1 Å². The molecule has 160 valence electrons. The summed E-state index contributed by atoms with van der Waals surface area (Å²) in [6.45, 7) is 3.84. The second-order valence-electron chi connectivity index (χ2n) is 7.29. The largest absolute Gasteiger partial charge is 0.494 e. The number of carbonyl (C=O) groups is 3. The average Bonchev–Trinajstić information content (AvgIpc) is 3.26. The van der Waals surface area contributed by atoms with Crippen molar-refractivity contribution in [1.29, 1.82) is 0 Å². The lowest BCUT2D eigenvalue weighted by atomic mass is 10.1. The van der Waals surface area contributed by atoms with Gasteiger partial charge in [0.25, 0.3) is 11.8 Å². The summed E-state index contributed by atoms with van der Waals surface area (Å²) >= 11 is 0. The van der Waals surface area contributed by atoms with E-state index in [2.05, 4.69) is 5.32 Å². The number of imide groups is 2. The molecule has 8 heteroatoms. The zero-order valence-electron chi connectivity index (χ0n) is 17.1. The van der Waals surface area contributed by atoms with Gasteiger partial charge in [-0.15, -0.1) is 0 Å². The Labute approximate surface area is 179 Å². The number of nitrogens with zero attached hydrogens (tertiary/aromatic N) is 2. The van der Waals surface area contributed by atoms with Crippen LogP contribution in [0.4, 0.5) is 20.6 Å². The number of amides is 4. The van der Waals surface area contributed by atoms with Crippen molar-refractivity contribution in [3.63, 3.8) is 0 Å². The van der Waals surface area contributed by atoms with Gasteiger partial charge >= 0.3 is 6.03 Å². The molecule has 2 aliphatic rings. The monoisotopic (exact) mass is 423 g/mol. The standard InChI is InChI=1S/C23H22FN3O4/c1-2-31-17-7-5-6-16(14-17)27-22(29)18(21(28)25-23(27)30)12-15-8-9-20(19(24)13-15)26-10-3-4-11-26/h5-9,12-14H,2-4,10-11H2,1H3,(H,25,28,30)/b18-12-. The molecule has 0 atom stereocenters. The van der Waals surface area contributed by atoms with Gasteiger partial charge in [0.2, 0.25) is 0 Å². The number of halogens is 1. The van der Waals surface area contributed by atoms with Crippen LogP contribution in [0.3, 0.4) is 0 Å². The van der Waals surface area contributed by atoms with Gasteiger partial charge in [0.05, 0.1) is 18.0 Å². The van der Waals surface area contributed by atoms with Crippen LogP contribution in [0.15, 0.2) is 48.0 Å². The maximum Gasteiger partial charge on any atom is 0.335 e. The van der Waals surface area contributed by atoms with Crippen LogP contribution in [0.25, 0.3) is 6.08 Å². The van der Waals surface area contributed by atoms with Gasteiger partial charge in [-0.1, -0.05) is 12.1 Å². The molecule has 2 aliphatic heterocycles. The van der Waals surface area contributed by atoms with Gasteiger partial charge in [-0.05, 0) is 55.7 Å². The highest BCUT2D eigenvalue weighted by molar-refractivity contribution is 6.39. The van der Waals surface area contributed by atoms with Gasteiger partial charge in [-0.2, -0.15) is 0 Å². The Kier molecular flexibility index (Phi) is 5.70. The molecule has 2 fully saturated rings. The first kappa shape index (κ1) is 20.6. The van der Waals surface area contributed by atoms with Crippen LogP contribution in [-0.2, 0) is 9.59 Å². The predicted molar refractivity (Wildman–Crippen MR) is 114 cm³/mol. The lowest BCUT2D eigenvalue weighted by molar-refractivity contribution is -0.122. The number of barbiturate groups is 1. The Hall–Kier alpha value is -3.68. The highest BCUT2D eigenvalue weighted by Gasteiger charge is 2.37. The number of ether oxygens (including phenoxy) is 1. The van der Waals surface area contributed by atoms with E-state index < -0.39 is 23.7 Å². The van der Waals surface area contributed by atoms with Crippen molar-refractivity contribution in [3.05, 3.63) is 59.4 Å². The Morgan fingerprint density at radius 3 is 2.58 bits per heavy atom. The van der Waals surface area contributed by atoms with Crippen LogP contribution in [0, 0.1) is 5.82 Å². The first-order valence-corrected chi connectivity index (χ1v) is 10.2. The minimum atomic E-state index is -0.851. The van der Waals surface area contributed by atoms with Crippen LogP contribution in [-0.4, -0.2) is 37.5 Å². The molecule has 4 rings (SSSR count). The maximum atomic E-state index is 14.6. The topological polar surface area (TPSA) is 79.0 Å². The average molecular weight is 423 g/mol. The lowest BCUT2D eigenvalue weighted by Gasteiger charge is -2.26. The minimum Gasteiger partial charge on any atom is -0.494 e. The minimum absolute atomic E-state index is 0.255. The van der Waals surface area contributed by atoms with E-state index in [0.29, 0.717) is 23.6 Å². The van der Waals surface area contributed by atoms with Gasteiger partial charge in [-0.25, -0.2) is 14.1 Å². The Balaban J connectivity index is 1.64. The second-order valence-corrected chi connectivity index (χ2v) is 7.29. The van der Waals surface area contributed by atoms with Crippen LogP contribution in [0.5, 0.6) is 5.75 Å². The predicted octanol–water partition coefficient (Wildman–Crippen LogP) is 3.49. The summed E-state index contributed by atoms with van der Waals surface area (Å²) in [5.41, 5.74) is 0.872. The SMILES string of the molecule is CCOc1cccc(N2C(=O)NC(=O)/C(=C/c3ccc(N4CCCC4)c(F)c3)C2=O)c1. The number of anilines is 2. The number of hydrogen-bond donors (Lipinski definition) is 1. The highest BCUT2D eigenvalue weighted by Crippen LogP contribution is 2.28. The molecular formula is C23H22FN3O4. The third-order valence-electron chi connectivity index (χ3n) is 5.22. The fourth-order valence-corrected chi connectivity index (χ4v) is 3.77. The van der Waals surface area contributed by atoms with E-state index in [-0.39, 0.29) is 11.3 Å². The first-order valence-electron chi connectivity index (χ1n) is 10.2. The van der Waals surface area contributed by atoms with Gasteiger partial charge in [0.15, 0.2) is 0 Å². The van der Waals surface area contributed by atoms with E-state index in [1.807, 2.05) is 11.8 Å². The van der Waals surface area contributed by atoms with E-state index in [0.717, 1.165) is 30.8 Å². The molecule has 0 bridgehead atoms. The van der Waals surface area contributed by atoms with Crippen molar-refractivity contribution < 1.29 is 23.5 Å². The number of urea groups is 1. The molecule has 2 heterocycles. The molecule has 0 spiro atoms. The van der Waals surface area contributed by atoms with Gasteiger partial charge in [0.1, 0.15) is 17.1 Å². The van der Waals surface area contributed by atoms with Crippen LogP contribution < -0.4 is 19.9 Å². The number of nitrogens with one attached hydrogen (secondary N) is 1. The third-order valence-corrected chi connectivity index (χ3v) is 5.22. The number of benzene rings is 2. The quantitative estimate of drug-likeness (QED) is 0.588. The fourth-order valence-electron chi connectivity index (χ4n) is 3.77. The van der Waals surface area contributed by atoms with Crippen molar-refractivity contribution >= 4 is 35.3 Å². The molecule has 4 amide bonds. The summed E-state index contributed by atoms with van der Waals surface area (Å²) in [6.07, 6.45) is 3.34. The van der Waals surface area contributed by atoms with Crippen LogP contribution in [0.2, 0.25) is 0 Å². The summed E-state index contributed by atoms with van der Waals surface area (Å²) in [4.78, 5) is 40.6. The molecule has 0 radical (unpaired) electrons. The Morgan fingerprint density at radius 1 is 1.10 bits per heavy atom. The van der Waals surface area contributed by atoms with Crippen molar-refractivity contribution in [3.8, 4) is 5.75 Å². The number of hydrogen-bond acceptors (Lipinski definition) is 5. The van der Waals surface area contributed by atoms with Crippen molar-refractivity contribution in [2.75, 3.05) is 29.5 Å². The van der Waals surface area contributed by atoms with E-state index in [4.69, 9.17) is 4.74 Å².